The number of nitrogens with zero attached hydrogens (tertiary/aromatic N) is 3. The largest absolute Gasteiger partial charge is 0.495 e. The van der Waals surface area contributed by atoms with Gasteiger partial charge < -0.3 is 15.0 Å². The van der Waals surface area contributed by atoms with Gasteiger partial charge in [0.05, 0.1) is 24.8 Å². The standard InChI is InChI=1S/C22H31FN4O3/c1-15-20(24-17-5-6-17)22(29)27(21(15)28)9-3-8-25-10-12-26(13-11-25)18-14-16(23)4-7-19(18)30-2/h4,7,14-15,17,20,24H,3,5-6,8-13H2,1-2H3. The molecule has 7 nitrogen and oxygen atoms in total. The molecule has 0 aromatic heterocycles. The first-order chi connectivity index (χ1) is 14.5. The molecular weight excluding hydrogens is 387 g/mol. The number of imide groups is 1. The second kappa shape index (κ2) is 8.89. The van der Waals surface area contributed by atoms with Crippen LogP contribution in [0.15, 0.2) is 18.2 Å². The predicted octanol–water partition coefficient (Wildman–Crippen LogP) is 1.47. The summed E-state index contributed by atoms with van der Waals surface area (Å²) in [5, 5.41) is 3.32. The summed E-state index contributed by atoms with van der Waals surface area (Å²) in [6, 6.07) is 4.64. The van der Waals surface area contributed by atoms with Crippen molar-refractivity contribution in [3.63, 3.8) is 0 Å². The molecule has 0 spiro atoms. The van der Waals surface area contributed by atoms with Gasteiger partial charge in [-0.25, -0.2) is 4.39 Å². The number of rotatable bonds is 8. The van der Waals surface area contributed by atoms with Crippen LogP contribution in [0.3, 0.4) is 0 Å². The highest BCUT2D eigenvalue weighted by molar-refractivity contribution is 6.06. The number of methoxy groups -OCH3 is 1. The Kier molecular flexibility index (Phi) is 6.24. The molecule has 1 aromatic rings. The number of hydrogen-bond donors (Lipinski definition) is 1. The Morgan fingerprint density at radius 3 is 2.50 bits per heavy atom. The van der Waals surface area contributed by atoms with Crippen LogP contribution >= 0.6 is 0 Å². The van der Waals surface area contributed by atoms with Gasteiger partial charge in [0.25, 0.3) is 0 Å². The number of likely N-dealkylation sites (tertiary alicyclic amines) is 1. The molecule has 4 rings (SSSR count). The molecule has 1 saturated carbocycles. The number of benzene rings is 1. The summed E-state index contributed by atoms with van der Waals surface area (Å²) in [6.07, 6.45) is 2.96. The van der Waals surface area contributed by atoms with Crippen molar-refractivity contribution in [3.8, 4) is 5.75 Å². The average Bonchev–Trinajstić information content (AvgIpc) is 3.55. The Balaban J connectivity index is 1.24. The summed E-state index contributed by atoms with van der Waals surface area (Å²) in [7, 11) is 1.60. The highest BCUT2D eigenvalue weighted by Crippen LogP contribution is 2.30. The minimum absolute atomic E-state index is 0.0545. The fourth-order valence-electron chi connectivity index (χ4n) is 4.39. The SMILES string of the molecule is COc1ccc(F)cc1N1CCN(CCCN2C(=O)C(C)C(NC3CC3)C2=O)CC1. The zero-order valence-corrected chi connectivity index (χ0v) is 17.8. The molecule has 0 bridgehead atoms. The Labute approximate surface area is 177 Å². The van der Waals surface area contributed by atoms with Gasteiger partial charge in [-0.2, -0.15) is 0 Å². The van der Waals surface area contributed by atoms with E-state index in [-0.39, 0.29) is 29.6 Å². The quantitative estimate of drug-likeness (QED) is 0.645. The molecular formula is C22H31FN4O3. The maximum absolute atomic E-state index is 13.7. The molecule has 3 fully saturated rings. The van der Waals surface area contributed by atoms with E-state index in [9.17, 15) is 14.0 Å². The van der Waals surface area contributed by atoms with Crippen LogP contribution in [0.25, 0.3) is 0 Å². The van der Waals surface area contributed by atoms with E-state index >= 15 is 0 Å². The zero-order chi connectivity index (χ0) is 21.3. The Morgan fingerprint density at radius 1 is 1.10 bits per heavy atom. The molecule has 0 radical (unpaired) electrons. The minimum atomic E-state index is -0.352. The van der Waals surface area contributed by atoms with Gasteiger partial charge in [-0.3, -0.25) is 19.4 Å². The van der Waals surface area contributed by atoms with Crippen molar-refractivity contribution in [2.24, 2.45) is 5.92 Å². The van der Waals surface area contributed by atoms with Gasteiger partial charge in [0.2, 0.25) is 11.8 Å². The summed E-state index contributed by atoms with van der Waals surface area (Å²) in [6.45, 7) is 6.43. The Hall–Kier alpha value is -2.19. The third-order valence-electron chi connectivity index (χ3n) is 6.39. The molecule has 2 heterocycles. The molecule has 164 valence electrons. The van der Waals surface area contributed by atoms with Crippen molar-refractivity contribution >= 4 is 17.5 Å². The topological polar surface area (TPSA) is 65.1 Å². The van der Waals surface area contributed by atoms with E-state index in [1.807, 2.05) is 6.92 Å². The fraction of sp³-hybridized carbons (Fsp3) is 0.636. The number of hydrogen-bond acceptors (Lipinski definition) is 6. The van der Waals surface area contributed by atoms with E-state index in [1.165, 1.54) is 17.0 Å². The van der Waals surface area contributed by atoms with Crippen molar-refractivity contribution in [3.05, 3.63) is 24.0 Å². The molecule has 1 aliphatic carbocycles. The van der Waals surface area contributed by atoms with E-state index < -0.39 is 0 Å². The number of carbonyl (C=O) groups excluding carboxylic acids is 2. The number of nitrogens with one attached hydrogen (secondary N) is 1. The van der Waals surface area contributed by atoms with Gasteiger partial charge in [0, 0.05) is 44.8 Å². The smallest absolute Gasteiger partial charge is 0.247 e. The first-order valence-corrected chi connectivity index (χ1v) is 10.9. The van der Waals surface area contributed by atoms with Gasteiger partial charge in [-0.1, -0.05) is 6.92 Å². The van der Waals surface area contributed by atoms with Gasteiger partial charge in [0.15, 0.2) is 0 Å². The van der Waals surface area contributed by atoms with Crippen LogP contribution in [0.5, 0.6) is 5.75 Å². The number of carbonyl (C=O) groups is 2. The third-order valence-corrected chi connectivity index (χ3v) is 6.39. The number of anilines is 1. The normalized spacial score (nSPS) is 25.3. The van der Waals surface area contributed by atoms with E-state index in [0.29, 0.717) is 18.3 Å². The molecule has 3 aliphatic rings. The molecule has 8 heteroatoms. The third kappa shape index (κ3) is 4.44. The summed E-state index contributed by atoms with van der Waals surface area (Å²) in [5.41, 5.74) is 0.786. The number of amides is 2. The molecule has 2 amide bonds. The molecule has 1 N–H and O–H groups in total. The van der Waals surface area contributed by atoms with E-state index in [2.05, 4.69) is 15.1 Å². The van der Waals surface area contributed by atoms with Crippen LogP contribution in [0, 0.1) is 11.7 Å². The summed E-state index contributed by atoms with van der Waals surface area (Å²) < 4.78 is 19.0. The predicted molar refractivity (Wildman–Crippen MR) is 112 cm³/mol. The lowest BCUT2D eigenvalue weighted by atomic mass is 10.1. The van der Waals surface area contributed by atoms with Crippen LogP contribution in [-0.2, 0) is 9.59 Å². The summed E-state index contributed by atoms with van der Waals surface area (Å²) in [4.78, 5) is 31.1. The second-order valence-corrected chi connectivity index (χ2v) is 8.53. The van der Waals surface area contributed by atoms with Crippen LogP contribution < -0.4 is 15.0 Å². The highest BCUT2D eigenvalue weighted by atomic mass is 19.1. The summed E-state index contributed by atoms with van der Waals surface area (Å²) >= 11 is 0. The van der Waals surface area contributed by atoms with Crippen LogP contribution in [-0.4, -0.2) is 80.1 Å². The molecule has 30 heavy (non-hydrogen) atoms. The molecule has 2 saturated heterocycles. The fourth-order valence-corrected chi connectivity index (χ4v) is 4.39. The van der Waals surface area contributed by atoms with Crippen molar-refractivity contribution in [2.45, 2.75) is 38.3 Å². The lowest BCUT2D eigenvalue weighted by molar-refractivity contribution is -0.139. The Morgan fingerprint density at radius 2 is 1.83 bits per heavy atom. The first-order valence-electron chi connectivity index (χ1n) is 10.9. The van der Waals surface area contributed by atoms with Gasteiger partial charge in [-0.15, -0.1) is 0 Å². The lowest BCUT2D eigenvalue weighted by Gasteiger charge is -2.36. The highest BCUT2D eigenvalue weighted by Gasteiger charge is 2.46. The minimum Gasteiger partial charge on any atom is -0.495 e. The van der Waals surface area contributed by atoms with Crippen LogP contribution in [0.1, 0.15) is 26.2 Å². The number of piperazine rings is 1. The van der Waals surface area contributed by atoms with Crippen molar-refractivity contribution < 1.29 is 18.7 Å². The maximum atomic E-state index is 13.7. The van der Waals surface area contributed by atoms with E-state index in [1.54, 1.807) is 13.2 Å². The van der Waals surface area contributed by atoms with Crippen molar-refractivity contribution in [1.29, 1.82) is 0 Å². The van der Waals surface area contributed by atoms with Crippen LogP contribution in [0.4, 0.5) is 10.1 Å². The molecule has 2 unspecified atom stereocenters. The average molecular weight is 419 g/mol. The molecule has 1 aromatic carbocycles. The van der Waals surface area contributed by atoms with Gasteiger partial charge in [0.1, 0.15) is 11.6 Å². The molecule has 2 atom stereocenters. The number of ether oxygens (including phenoxy) is 1. The van der Waals surface area contributed by atoms with E-state index in [4.69, 9.17) is 4.74 Å². The zero-order valence-electron chi connectivity index (χ0n) is 17.8. The maximum Gasteiger partial charge on any atom is 0.247 e. The molecule has 2 aliphatic heterocycles. The summed E-state index contributed by atoms with van der Waals surface area (Å²) in [5.74, 6) is 0.0164. The van der Waals surface area contributed by atoms with Crippen molar-refractivity contribution in [2.75, 3.05) is 51.3 Å². The van der Waals surface area contributed by atoms with E-state index in [0.717, 1.165) is 57.7 Å². The second-order valence-electron chi connectivity index (χ2n) is 8.53. The van der Waals surface area contributed by atoms with Crippen LogP contribution in [0.2, 0.25) is 0 Å². The first kappa shape index (κ1) is 21.1. The lowest BCUT2D eigenvalue weighted by Crippen LogP contribution is -2.47. The van der Waals surface area contributed by atoms with Gasteiger partial charge in [-0.05, 0) is 37.9 Å². The number of halogens is 1. The Bertz CT molecular complexity index is 793. The van der Waals surface area contributed by atoms with Gasteiger partial charge >= 0.3 is 0 Å². The monoisotopic (exact) mass is 418 g/mol. The van der Waals surface area contributed by atoms with Crippen molar-refractivity contribution in [1.82, 2.24) is 15.1 Å².